The van der Waals surface area contributed by atoms with E-state index < -0.39 is 0 Å². The number of furan rings is 1. The second-order valence-electron chi connectivity index (χ2n) is 6.59. The molecule has 2 aromatic rings. The molecular formula is C19H29N5O. The van der Waals surface area contributed by atoms with Crippen LogP contribution in [0.15, 0.2) is 46.3 Å². The van der Waals surface area contributed by atoms with Crippen molar-refractivity contribution in [2.24, 2.45) is 4.99 Å². The van der Waals surface area contributed by atoms with Gasteiger partial charge in [-0.2, -0.15) is 5.10 Å². The van der Waals surface area contributed by atoms with Crippen molar-refractivity contribution < 1.29 is 4.42 Å². The number of nitrogens with one attached hydrogen (secondary N) is 2. The maximum atomic E-state index is 5.40. The lowest BCUT2D eigenvalue weighted by Crippen LogP contribution is -2.45. The molecule has 0 aliphatic heterocycles. The van der Waals surface area contributed by atoms with Gasteiger partial charge in [-0.1, -0.05) is 19.3 Å². The number of rotatable bonds is 8. The Morgan fingerprint density at radius 3 is 2.96 bits per heavy atom. The second-order valence-corrected chi connectivity index (χ2v) is 6.59. The summed E-state index contributed by atoms with van der Waals surface area (Å²) in [5.74, 6) is 1.93. The molecule has 1 aliphatic rings. The minimum absolute atomic E-state index is 0.551. The lowest BCUT2D eigenvalue weighted by Gasteiger charge is -2.25. The highest BCUT2D eigenvalue weighted by Crippen LogP contribution is 2.17. The van der Waals surface area contributed by atoms with Crippen molar-refractivity contribution in [3.8, 4) is 0 Å². The first-order chi connectivity index (χ1) is 12.4. The van der Waals surface area contributed by atoms with Gasteiger partial charge in [0, 0.05) is 44.5 Å². The molecule has 0 unspecified atom stereocenters. The number of hydrogen-bond acceptors (Lipinski definition) is 3. The quantitative estimate of drug-likeness (QED) is 0.439. The van der Waals surface area contributed by atoms with Crippen LogP contribution in [0.5, 0.6) is 0 Å². The summed E-state index contributed by atoms with van der Waals surface area (Å²) in [6.07, 6.45) is 13.9. The number of guanidine groups is 1. The van der Waals surface area contributed by atoms with Gasteiger partial charge < -0.3 is 15.1 Å². The van der Waals surface area contributed by atoms with E-state index in [-0.39, 0.29) is 0 Å². The fraction of sp³-hybridized carbons (Fsp3) is 0.579. The van der Waals surface area contributed by atoms with Gasteiger partial charge in [-0.05, 0) is 37.5 Å². The van der Waals surface area contributed by atoms with E-state index in [9.17, 15) is 0 Å². The van der Waals surface area contributed by atoms with Crippen LogP contribution in [-0.4, -0.2) is 34.9 Å². The summed E-state index contributed by atoms with van der Waals surface area (Å²) in [5, 5.41) is 11.3. The predicted octanol–water partition coefficient (Wildman–Crippen LogP) is 2.98. The van der Waals surface area contributed by atoms with Crippen LogP contribution in [0, 0.1) is 0 Å². The molecule has 0 amide bonds. The molecule has 6 nitrogen and oxygen atoms in total. The molecule has 25 heavy (non-hydrogen) atoms. The Morgan fingerprint density at radius 1 is 1.28 bits per heavy atom. The van der Waals surface area contributed by atoms with E-state index >= 15 is 0 Å². The molecule has 0 bridgehead atoms. The third-order valence-corrected chi connectivity index (χ3v) is 4.56. The van der Waals surface area contributed by atoms with E-state index in [1.54, 1.807) is 6.26 Å². The van der Waals surface area contributed by atoms with Crippen molar-refractivity contribution in [3.05, 3.63) is 42.6 Å². The molecule has 0 saturated heterocycles. The maximum Gasteiger partial charge on any atom is 0.191 e. The molecule has 1 fully saturated rings. The van der Waals surface area contributed by atoms with Gasteiger partial charge in [-0.15, -0.1) is 0 Å². The van der Waals surface area contributed by atoms with Crippen LogP contribution in [0.4, 0.5) is 0 Å². The molecule has 2 aromatic heterocycles. The first-order valence-corrected chi connectivity index (χ1v) is 9.45. The van der Waals surface area contributed by atoms with Crippen LogP contribution < -0.4 is 10.6 Å². The summed E-state index contributed by atoms with van der Waals surface area (Å²) >= 11 is 0. The largest absolute Gasteiger partial charge is 0.469 e. The Morgan fingerprint density at radius 2 is 2.20 bits per heavy atom. The summed E-state index contributed by atoms with van der Waals surface area (Å²) in [6.45, 7) is 2.52. The van der Waals surface area contributed by atoms with Crippen LogP contribution >= 0.6 is 0 Å². The molecule has 1 aliphatic carbocycles. The van der Waals surface area contributed by atoms with Crippen LogP contribution in [0.25, 0.3) is 0 Å². The van der Waals surface area contributed by atoms with Gasteiger partial charge in [-0.3, -0.25) is 9.67 Å². The number of aliphatic imine (C=N–C) groups is 1. The van der Waals surface area contributed by atoms with E-state index in [1.165, 1.54) is 32.1 Å². The van der Waals surface area contributed by atoms with Gasteiger partial charge in [0.25, 0.3) is 0 Å². The highest BCUT2D eigenvalue weighted by atomic mass is 16.3. The lowest BCUT2D eigenvalue weighted by molar-refractivity contribution is 0.409. The number of aromatic nitrogens is 2. The van der Waals surface area contributed by atoms with Crippen molar-refractivity contribution in [2.75, 3.05) is 13.1 Å². The first-order valence-electron chi connectivity index (χ1n) is 9.45. The Bertz CT molecular complexity index is 600. The topological polar surface area (TPSA) is 67.4 Å². The molecule has 2 heterocycles. The molecule has 6 heteroatoms. The Hall–Kier alpha value is -2.24. The molecular weight excluding hydrogens is 314 g/mol. The fourth-order valence-electron chi connectivity index (χ4n) is 3.21. The highest BCUT2D eigenvalue weighted by Gasteiger charge is 2.14. The number of aryl methyl sites for hydroxylation is 1. The summed E-state index contributed by atoms with van der Waals surface area (Å²) in [5.41, 5.74) is 0. The third kappa shape index (κ3) is 6.29. The molecule has 0 spiro atoms. The van der Waals surface area contributed by atoms with Gasteiger partial charge in [-0.25, -0.2) is 0 Å². The summed E-state index contributed by atoms with van der Waals surface area (Å²) in [6, 6.07) is 6.45. The number of hydrogen-bond donors (Lipinski definition) is 2. The van der Waals surface area contributed by atoms with E-state index in [2.05, 4.69) is 15.7 Å². The highest BCUT2D eigenvalue weighted by molar-refractivity contribution is 5.80. The van der Waals surface area contributed by atoms with Crippen molar-refractivity contribution in [1.82, 2.24) is 20.4 Å². The van der Waals surface area contributed by atoms with Crippen molar-refractivity contribution in [2.45, 2.75) is 57.5 Å². The standard InChI is InChI=1S/C19H29N5O/c1-2-7-17(8-3-1)23-19(21-13-10-18-9-4-16-25-18)20-11-5-14-24-15-6-12-22-24/h4,6,9,12,15-17H,1-3,5,7-8,10-11,13-14H2,(H2,20,21,23). The minimum Gasteiger partial charge on any atom is -0.469 e. The second kappa shape index (κ2) is 9.91. The lowest BCUT2D eigenvalue weighted by atomic mass is 9.96. The molecule has 2 N–H and O–H groups in total. The number of nitrogens with zero attached hydrogens (tertiary/aromatic N) is 3. The molecule has 0 aromatic carbocycles. The van der Waals surface area contributed by atoms with Gasteiger partial charge >= 0.3 is 0 Å². The molecule has 0 radical (unpaired) electrons. The van der Waals surface area contributed by atoms with Gasteiger partial charge in [0.1, 0.15) is 5.76 Å². The molecule has 3 rings (SSSR count). The zero-order valence-electron chi connectivity index (χ0n) is 14.9. The van der Waals surface area contributed by atoms with Crippen molar-refractivity contribution in [3.63, 3.8) is 0 Å². The summed E-state index contributed by atoms with van der Waals surface area (Å²) in [4.78, 5) is 4.76. The van der Waals surface area contributed by atoms with Crippen LogP contribution in [0.1, 0.15) is 44.3 Å². The maximum absolute atomic E-state index is 5.40. The Kier molecular flexibility index (Phi) is 6.97. The summed E-state index contributed by atoms with van der Waals surface area (Å²) < 4.78 is 7.35. The zero-order chi connectivity index (χ0) is 17.2. The minimum atomic E-state index is 0.551. The van der Waals surface area contributed by atoms with Crippen LogP contribution in [-0.2, 0) is 13.0 Å². The monoisotopic (exact) mass is 343 g/mol. The molecule has 1 saturated carbocycles. The van der Waals surface area contributed by atoms with E-state index in [0.29, 0.717) is 6.04 Å². The zero-order valence-corrected chi connectivity index (χ0v) is 14.9. The van der Waals surface area contributed by atoms with Crippen molar-refractivity contribution in [1.29, 1.82) is 0 Å². The van der Waals surface area contributed by atoms with Gasteiger partial charge in [0.05, 0.1) is 6.26 Å². The first kappa shape index (κ1) is 17.6. The average Bonchev–Trinajstić information content (AvgIpc) is 3.33. The van der Waals surface area contributed by atoms with Gasteiger partial charge in [0.15, 0.2) is 5.96 Å². The normalized spacial score (nSPS) is 16.1. The average molecular weight is 343 g/mol. The van der Waals surface area contributed by atoms with E-state index in [0.717, 1.165) is 44.2 Å². The Balaban J connectivity index is 1.46. The predicted molar refractivity (Wildman–Crippen MR) is 99.6 cm³/mol. The fourth-order valence-corrected chi connectivity index (χ4v) is 3.21. The summed E-state index contributed by atoms with van der Waals surface area (Å²) in [7, 11) is 0. The van der Waals surface area contributed by atoms with Crippen molar-refractivity contribution >= 4 is 5.96 Å². The SMILES string of the molecule is c1coc(CCNC(=NCCCn2cccn2)NC2CCCCC2)c1. The van der Waals surface area contributed by atoms with E-state index in [4.69, 9.17) is 9.41 Å². The Labute approximate surface area is 149 Å². The molecule has 0 atom stereocenters. The smallest absolute Gasteiger partial charge is 0.191 e. The van der Waals surface area contributed by atoms with E-state index in [1.807, 2.05) is 35.3 Å². The van der Waals surface area contributed by atoms with Crippen LogP contribution in [0.2, 0.25) is 0 Å². The van der Waals surface area contributed by atoms with Crippen LogP contribution in [0.3, 0.4) is 0 Å². The van der Waals surface area contributed by atoms with Gasteiger partial charge in [0.2, 0.25) is 0 Å². The molecule has 136 valence electrons. The third-order valence-electron chi connectivity index (χ3n) is 4.56.